The van der Waals surface area contributed by atoms with Crippen LogP contribution in [0.15, 0.2) is 12.4 Å². The summed E-state index contributed by atoms with van der Waals surface area (Å²) in [6, 6.07) is 0. The molecule has 2 saturated heterocycles. The molecule has 0 aliphatic carbocycles. The SMILES string of the molecule is CCCCn1ccnc1[C@H]1CCCN(C(=O)CN2CCCC2=O)C1. The van der Waals surface area contributed by atoms with Gasteiger partial charge in [-0.25, -0.2) is 4.98 Å². The molecule has 0 radical (unpaired) electrons. The first-order valence-corrected chi connectivity index (χ1v) is 9.25. The molecular weight excluding hydrogens is 304 g/mol. The van der Waals surface area contributed by atoms with Crippen LogP contribution < -0.4 is 0 Å². The van der Waals surface area contributed by atoms with Crippen LogP contribution in [0.1, 0.15) is 57.2 Å². The lowest BCUT2D eigenvalue weighted by molar-refractivity contribution is -0.139. The van der Waals surface area contributed by atoms with Gasteiger partial charge in [0, 0.05) is 50.9 Å². The highest BCUT2D eigenvalue weighted by Crippen LogP contribution is 2.26. The summed E-state index contributed by atoms with van der Waals surface area (Å²) in [6.45, 7) is 5.69. The number of likely N-dealkylation sites (tertiary alicyclic amines) is 2. The topological polar surface area (TPSA) is 58.4 Å². The van der Waals surface area contributed by atoms with Crippen molar-refractivity contribution in [1.29, 1.82) is 0 Å². The first-order chi connectivity index (χ1) is 11.7. The van der Waals surface area contributed by atoms with Crippen LogP contribution >= 0.6 is 0 Å². The lowest BCUT2D eigenvalue weighted by Crippen LogP contribution is -2.45. The smallest absolute Gasteiger partial charge is 0.242 e. The number of nitrogens with zero attached hydrogens (tertiary/aromatic N) is 4. The van der Waals surface area contributed by atoms with Crippen molar-refractivity contribution in [3.63, 3.8) is 0 Å². The van der Waals surface area contributed by atoms with Crippen molar-refractivity contribution in [3.8, 4) is 0 Å². The van der Waals surface area contributed by atoms with Gasteiger partial charge in [0.2, 0.25) is 11.8 Å². The molecule has 1 atom stereocenters. The van der Waals surface area contributed by atoms with Crippen molar-refractivity contribution in [2.45, 2.75) is 57.9 Å². The van der Waals surface area contributed by atoms with Gasteiger partial charge in [-0.15, -0.1) is 0 Å². The summed E-state index contributed by atoms with van der Waals surface area (Å²) in [4.78, 5) is 32.5. The number of carbonyl (C=O) groups is 2. The third kappa shape index (κ3) is 3.79. The normalized spacial score (nSPS) is 21.5. The van der Waals surface area contributed by atoms with Gasteiger partial charge in [-0.1, -0.05) is 13.3 Å². The van der Waals surface area contributed by atoms with Crippen molar-refractivity contribution in [2.24, 2.45) is 0 Å². The summed E-state index contributed by atoms with van der Waals surface area (Å²) in [5.74, 6) is 1.62. The first-order valence-electron chi connectivity index (χ1n) is 9.25. The third-order valence-corrected chi connectivity index (χ3v) is 5.14. The lowest BCUT2D eigenvalue weighted by atomic mass is 9.97. The van der Waals surface area contributed by atoms with Gasteiger partial charge in [0.25, 0.3) is 0 Å². The highest BCUT2D eigenvalue weighted by atomic mass is 16.2. The van der Waals surface area contributed by atoms with Crippen molar-refractivity contribution in [1.82, 2.24) is 19.4 Å². The van der Waals surface area contributed by atoms with Gasteiger partial charge < -0.3 is 14.4 Å². The number of hydrogen-bond donors (Lipinski definition) is 0. The molecule has 1 aromatic rings. The van der Waals surface area contributed by atoms with Gasteiger partial charge in [0.15, 0.2) is 0 Å². The standard InChI is InChI=1S/C18H28N4O2/c1-2-3-9-20-12-8-19-18(20)15-6-4-10-21(13-15)17(24)14-22-11-5-7-16(22)23/h8,12,15H,2-7,9-11,13-14H2,1H3/t15-/m0/s1. The number of carbonyl (C=O) groups excluding carboxylic acids is 2. The zero-order valence-corrected chi connectivity index (χ0v) is 14.6. The fraction of sp³-hybridized carbons (Fsp3) is 0.722. The molecule has 0 unspecified atom stereocenters. The minimum atomic E-state index is 0.0848. The Labute approximate surface area is 143 Å². The van der Waals surface area contributed by atoms with E-state index < -0.39 is 0 Å². The van der Waals surface area contributed by atoms with Crippen molar-refractivity contribution in [3.05, 3.63) is 18.2 Å². The second-order valence-corrected chi connectivity index (χ2v) is 6.93. The first kappa shape index (κ1) is 17.0. The molecule has 132 valence electrons. The minimum absolute atomic E-state index is 0.0848. The van der Waals surface area contributed by atoms with E-state index in [1.54, 1.807) is 4.90 Å². The Kier molecular flexibility index (Phi) is 5.53. The maximum atomic E-state index is 12.6. The molecule has 24 heavy (non-hydrogen) atoms. The summed E-state index contributed by atoms with van der Waals surface area (Å²) >= 11 is 0. The quantitative estimate of drug-likeness (QED) is 0.801. The van der Waals surface area contributed by atoms with E-state index in [4.69, 9.17) is 0 Å². The molecule has 0 N–H and O–H groups in total. The molecule has 6 nitrogen and oxygen atoms in total. The second-order valence-electron chi connectivity index (χ2n) is 6.93. The average Bonchev–Trinajstić information content (AvgIpc) is 3.22. The van der Waals surface area contributed by atoms with Crippen molar-refractivity contribution < 1.29 is 9.59 Å². The minimum Gasteiger partial charge on any atom is -0.340 e. The Balaban J connectivity index is 1.60. The number of unbranched alkanes of at least 4 members (excludes halogenated alkanes) is 1. The van der Waals surface area contributed by atoms with E-state index in [-0.39, 0.29) is 18.4 Å². The monoisotopic (exact) mass is 332 g/mol. The van der Waals surface area contributed by atoms with E-state index in [2.05, 4.69) is 22.7 Å². The van der Waals surface area contributed by atoms with Crippen LogP contribution in [0.25, 0.3) is 0 Å². The highest BCUT2D eigenvalue weighted by molar-refractivity contribution is 5.86. The molecule has 1 aromatic heterocycles. The molecule has 6 heteroatoms. The Bertz CT molecular complexity index is 583. The Hall–Kier alpha value is -1.85. The van der Waals surface area contributed by atoms with E-state index in [1.807, 2.05) is 11.1 Å². The molecule has 3 heterocycles. The van der Waals surface area contributed by atoms with Crippen molar-refractivity contribution in [2.75, 3.05) is 26.2 Å². The Morgan fingerprint density at radius 1 is 1.33 bits per heavy atom. The number of imidazole rings is 1. The van der Waals surface area contributed by atoms with Crippen LogP contribution in [0.5, 0.6) is 0 Å². The second kappa shape index (κ2) is 7.81. The summed E-state index contributed by atoms with van der Waals surface area (Å²) in [5.41, 5.74) is 0. The number of amides is 2. The molecule has 3 rings (SSSR count). The summed E-state index contributed by atoms with van der Waals surface area (Å²) in [5, 5.41) is 0. The number of rotatable bonds is 6. The summed E-state index contributed by atoms with van der Waals surface area (Å²) in [6.07, 6.45) is 9.78. The van der Waals surface area contributed by atoms with Gasteiger partial charge in [0.05, 0.1) is 6.54 Å². The van der Waals surface area contributed by atoms with E-state index in [0.29, 0.717) is 12.3 Å². The summed E-state index contributed by atoms with van der Waals surface area (Å²) < 4.78 is 2.24. The molecule has 0 bridgehead atoms. The molecule has 2 aliphatic heterocycles. The van der Waals surface area contributed by atoms with Gasteiger partial charge >= 0.3 is 0 Å². The number of hydrogen-bond acceptors (Lipinski definition) is 3. The third-order valence-electron chi connectivity index (χ3n) is 5.14. The van der Waals surface area contributed by atoms with Crippen LogP contribution in [0.2, 0.25) is 0 Å². The lowest BCUT2D eigenvalue weighted by Gasteiger charge is -2.33. The van der Waals surface area contributed by atoms with E-state index in [0.717, 1.165) is 64.1 Å². The molecule has 0 saturated carbocycles. The van der Waals surface area contributed by atoms with E-state index in [9.17, 15) is 9.59 Å². The predicted octanol–water partition coefficient (Wildman–Crippen LogP) is 2.01. The van der Waals surface area contributed by atoms with E-state index in [1.165, 1.54) is 0 Å². The van der Waals surface area contributed by atoms with Crippen LogP contribution in [0, 0.1) is 0 Å². The molecule has 2 amide bonds. The molecule has 2 aliphatic rings. The number of piperidine rings is 1. The maximum absolute atomic E-state index is 12.6. The fourth-order valence-electron chi connectivity index (χ4n) is 3.75. The van der Waals surface area contributed by atoms with Crippen LogP contribution in [-0.4, -0.2) is 57.3 Å². The maximum Gasteiger partial charge on any atom is 0.242 e. The molecule has 0 aromatic carbocycles. The highest BCUT2D eigenvalue weighted by Gasteiger charge is 2.30. The Morgan fingerprint density at radius 2 is 2.21 bits per heavy atom. The zero-order valence-electron chi connectivity index (χ0n) is 14.6. The zero-order chi connectivity index (χ0) is 16.9. The summed E-state index contributed by atoms with van der Waals surface area (Å²) in [7, 11) is 0. The molecule has 0 spiro atoms. The van der Waals surface area contributed by atoms with Gasteiger partial charge in [-0.05, 0) is 25.7 Å². The predicted molar refractivity (Wildman–Crippen MR) is 91.5 cm³/mol. The average molecular weight is 332 g/mol. The van der Waals surface area contributed by atoms with Gasteiger partial charge in [-0.3, -0.25) is 9.59 Å². The van der Waals surface area contributed by atoms with Gasteiger partial charge in [-0.2, -0.15) is 0 Å². The van der Waals surface area contributed by atoms with Crippen LogP contribution in [0.4, 0.5) is 0 Å². The van der Waals surface area contributed by atoms with Gasteiger partial charge in [0.1, 0.15) is 5.82 Å². The van der Waals surface area contributed by atoms with Crippen molar-refractivity contribution >= 4 is 11.8 Å². The number of aryl methyl sites for hydroxylation is 1. The molecular formula is C18H28N4O2. The van der Waals surface area contributed by atoms with E-state index >= 15 is 0 Å². The fourth-order valence-corrected chi connectivity index (χ4v) is 3.75. The Morgan fingerprint density at radius 3 is 2.96 bits per heavy atom. The largest absolute Gasteiger partial charge is 0.340 e. The van der Waals surface area contributed by atoms with Crippen LogP contribution in [0.3, 0.4) is 0 Å². The van der Waals surface area contributed by atoms with Crippen LogP contribution in [-0.2, 0) is 16.1 Å². The molecule has 2 fully saturated rings. The number of aromatic nitrogens is 2.